The monoisotopic (exact) mass is 398 g/mol. The zero-order valence-electron chi connectivity index (χ0n) is 17.1. The Bertz CT molecular complexity index is 912. The van der Waals surface area contributed by atoms with E-state index >= 15 is 0 Å². The highest BCUT2D eigenvalue weighted by Crippen LogP contribution is 2.18. The predicted octanol–water partition coefficient (Wildman–Crippen LogP) is 0.667. The minimum Gasteiger partial charge on any atom is -0.373 e. The summed E-state index contributed by atoms with van der Waals surface area (Å²) in [5.74, 6) is 0. The molecule has 1 saturated heterocycles. The standard InChI is InChI=1S/C21H30N6O2/c28-21-13-17-3-1-2-4-19(17)23-27(21)10-9-24-5-7-25(8-6-24)15-18-14-22-26-11-12-29-16-20(18)26/h13-14H,1-12,15-16H2. The Morgan fingerprint density at radius 1 is 1.00 bits per heavy atom. The van der Waals surface area contributed by atoms with Crippen LogP contribution >= 0.6 is 0 Å². The first-order valence-corrected chi connectivity index (χ1v) is 10.9. The maximum Gasteiger partial charge on any atom is 0.267 e. The first kappa shape index (κ1) is 19.0. The zero-order valence-corrected chi connectivity index (χ0v) is 17.1. The molecule has 0 saturated carbocycles. The van der Waals surface area contributed by atoms with Gasteiger partial charge in [0.1, 0.15) is 0 Å². The Morgan fingerprint density at radius 3 is 2.72 bits per heavy atom. The van der Waals surface area contributed by atoms with Crippen molar-refractivity contribution < 1.29 is 4.74 Å². The van der Waals surface area contributed by atoms with Crippen LogP contribution in [0, 0.1) is 0 Å². The maximum atomic E-state index is 12.4. The molecule has 0 bridgehead atoms. The summed E-state index contributed by atoms with van der Waals surface area (Å²) >= 11 is 0. The number of rotatable bonds is 5. The van der Waals surface area contributed by atoms with Gasteiger partial charge in [0.25, 0.3) is 5.56 Å². The Kier molecular flexibility index (Phi) is 5.48. The van der Waals surface area contributed by atoms with E-state index in [0.717, 1.165) is 71.0 Å². The molecule has 1 aliphatic carbocycles. The van der Waals surface area contributed by atoms with Crippen LogP contribution in [0.2, 0.25) is 0 Å². The summed E-state index contributed by atoms with van der Waals surface area (Å²) in [6.07, 6.45) is 6.39. The van der Waals surface area contributed by atoms with Gasteiger partial charge in [0, 0.05) is 50.9 Å². The fraction of sp³-hybridized carbons (Fsp3) is 0.667. The molecule has 8 nitrogen and oxygen atoms in total. The van der Waals surface area contributed by atoms with Gasteiger partial charge in [0.05, 0.1) is 43.9 Å². The van der Waals surface area contributed by atoms with E-state index in [2.05, 4.69) is 24.7 Å². The number of piperazine rings is 1. The Labute approximate surface area is 171 Å². The van der Waals surface area contributed by atoms with E-state index in [1.165, 1.54) is 29.7 Å². The molecule has 5 rings (SSSR count). The Balaban J connectivity index is 1.13. The molecule has 2 aromatic rings. The van der Waals surface area contributed by atoms with Gasteiger partial charge in [-0.15, -0.1) is 0 Å². The lowest BCUT2D eigenvalue weighted by atomic mass is 9.97. The summed E-state index contributed by atoms with van der Waals surface area (Å²) in [5, 5.41) is 9.15. The number of ether oxygens (including phenoxy) is 1. The third-order valence-corrected chi connectivity index (χ3v) is 6.48. The molecule has 0 spiro atoms. The van der Waals surface area contributed by atoms with Crippen LogP contribution in [0.4, 0.5) is 0 Å². The van der Waals surface area contributed by atoms with E-state index in [4.69, 9.17) is 4.74 Å². The number of hydrogen-bond donors (Lipinski definition) is 0. The maximum absolute atomic E-state index is 12.4. The number of hydrogen-bond acceptors (Lipinski definition) is 6. The summed E-state index contributed by atoms with van der Waals surface area (Å²) < 4.78 is 9.36. The van der Waals surface area contributed by atoms with Crippen LogP contribution in [0.15, 0.2) is 17.1 Å². The van der Waals surface area contributed by atoms with Gasteiger partial charge in [-0.05, 0) is 31.2 Å². The van der Waals surface area contributed by atoms with Crippen molar-refractivity contribution in [3.63, 3.8) is 0 Å². The van der Waals surface area contributed by atoms with Crippen molar-refractivity contribution in [3.05, 3.63) is 45.1 Å². The van der Waals surface area contributed by atoms with E-state index in [1.54, 1.807) is 4.68 Å². The molecular formula is C21H30N6O2. The van der Waals surface area contributed by atoms with Crippen molar-refractivity contribution in [1.82, 2.24) is 29.4 Å². The molecule has 1 fully saturated rings. The topological polar surface area (TPSA) is 68.4 Å². The fourth-order valence-electron chi connectivity index (χ4n) is 4.67. The van der Waals surface area contributed by atoms with Crippen LogP contribution in [-0.4, -0.2) is 68.7 Å². The first-order chi connectivity index (χ1) is 14.3. The average Bonchev–Trinajstić information content (AvgIpc) is 3.16. The second kappa shape index (κ2) is 8.38. The van der Waals surface area contributed by atoms with Crippen molar-refractivity contribution in [2.45, 2.75) is 51.9 Å². The third-order valence-electron chi connectivity index (χ3n) is 6.48. The van der Waals surface area contributed by atoms with Gasteiger partial charge < -0.3 is 4.74 Å². The van der Waals surface area contributed by atoms with E-state index in [9.17, 15) is 4.79 Å². The van der Waals surface area contributed by atoms with Crippen LogP contribution in [-0.2, 0) is 43.8 Å². The van der Waals surface area contributed by atoms with Crippen LogP contribution < -0.4 is 5.56 Å². The molecule has 0 radical (unpaired) electrons. The molecule has 2 aliphatic heterocycles. The first-order valence-electron chi connectivity index (χ1n) is 10.9. The third kappa shape index (κ3) is 4.15. The summed E-state index contributed by atoms with van der Waals surface area (Å²) in [6, 6.07) is 1.82. The van der Waals surface area contributed by atoms with E-state index < -0.39 is 0 Å². The highest BCUT2D eigenvalue weighted by Gasteiger charge is 2.21. The highest BCUT2D eigenvalue weighted by atomic mass is 16.5. The van der Waals surface area contributed by atoms with E-state index in [0.29, 0.717) is 13.2 Å². The molecule has 0 amide bonds. The quantitative estimate of drug-likeness (QED) is 0.737. The van der Waals surface area contributed by atoms with Gasteiger partial charge in [0.15, 0.2) is 0 Å². The SMILES string of the molecule is O=c1cc2c(nn1CCN1CCN(Cc3cnn4c3COCC4)CC1)CCCC2. The van der Waals surface area contributed by atoms with Crippen molar-refractivity contribution >= 4 is 0 Å². The van der Waals surface area contributed by atoms with Gasteiger partial charge in [-0.1, -0.05) is 0 Å². The van der Waals surface area contributed by atoms with Crippen molar-refractivity contribution in [2.24, 2.45) is 0 Å². The van der Waals surface area contributed by atoms with Gasteiger partial charge in [-0.25, -0.2) is 4.68 Å². The lowest BCUT2D eigenvalue weighted by Gasteiger charge is -2.34. The number of aryl methyl sites for hydroxylation is 2. The second-order valence-electron chi connectivity index (χ2n) is 8.39. The normalized spacial score (nSPS) is 20.4. The number of fused-ring (bicyclic) bond motifs is 2. The molecule has 0 unspecified atom stereocenters. The van der Waals surface area contributed by atoms with Gasteiger partial charge in [0.2, 0.25) is 0 Å². The highest BCUT2D eigenvalue weighted by molar-refractivity contribution is 5.20. The van der Waals surface area contributed by atoms with Crippen LogP contribution in [0.25, 0.3) is 0 Å². The molecule has 8 heteroatoms. The molecular weight excluding hydrogens is 368 g/mol. The van der Waals surface area contributed by atoms with Crippen molar-refractivity contribution in [2.75, 3.05) is 39.3 Å². The van der Waals surface area contributed by atoms with Gasteiger partial charge >= 0.3 is 0 Å². The smallest absolute Gasteiger partial charge is 0.267 e. The van der Waals surface area contributed by atoms with E-state index in [-0.39, 0.29) is 5.56 Å². The van der Waals surface area contributed by atoms with Gasteiger partial charge in [-0.2, -0.15) is 10.2 Å². The second-order valence-corrected chi connectivity index (χ2v) is 8.39. The minimum atomic E-state index is 0.0532. The number of aromatic nitrogens is 4. The van der Waals surface area contributed by atoms with Crippen LogP contribution in [0.3, 0.4) is 0 Å². The van der Waals surface area contributed by atoms with Crippen LogP contribution in [0.5, 0.6) is 0 Å². The molecule has 29 heavy (non-hydrogen) atoms. The largest absolute Gasteiger partial charge is 0.373 e. The summed E-state index contributed by atoms with van der Waals surface area (Å²) in [5.41, 5.74) is 4.88. The molecule has 0 N–H and O–H groups in total. The summed E-state index contributed by atoms with van der Waals surface area (Å²) in [4.78, 5) is 17.3. The van der Waals surface area contributed by atoms with Crippen LogP contribution in [0.1, 0.15) is 35.4 Å². The van der Waals surface area contributed by atoms with Crippen molar-refractivity contribution in [3.8, 4) is 0 Å². The molecule has 0 atom stereocenters. The van der Waals surface area contributed by atoms with Crippen molar-refractivity contribution in [1.29, 1.82) is 0 Å². The average molecular weight is 399 g/mol. The lowest BCUT2D eigenvalue weighted by molar-refractivity contribution is 0.0775. The Hall–Kier alpha value is -2.03. The van der Waals surface area contributed by atoms with Gasteiger partial charge in [-0.3, -0.25) is 19.3 Å². The molecule has 3 aliphatic rings. The summed E-state index contributed by atoms with van der Waals surface area (Å²) in [6.45, 7) is 8.94. The van der Waals surface area contributed by atoms with E-state index in [1.807, 2.05) is 12.3 Å². The summed E-state index contributed by atoms with van der Waals surface area (Å²) in [7, 11) is 0. The molecule has 156 valence electrons. The lowest BCUT2D eigenvalue weighted by Crippen LogP contribution is -2.47. The molecule has 2 aromatic heterocycles. The zero-order chi connectivity index (χ0) is 19.6. The molecule has 4 heterocycles. The number of nitrogens with zero attached hydrogens (tertiary/aromatic N) is 6. The Morgan fingerprint density at radius 2 is 1.83 bits per heavy atom. The fourth-order valence-corrected chi connectivity index (χ4v) is 4.67. The predicted molar refractivity (Wildman–Crippen MR) is 109 cm³/mol. The minimum absolute atomic E-state index is 0.0532. The molecule has 0 aromatic carbocycles.